The summed E-state index contributed by atoms with van der Waals surface area (Å²) in [6.07, 6.45) is 111. The molecule has 0 amide bonds. The van der Waals surface area contributed by atoms with Crippen LogP contribution in [0.2, 0.25) is 0 Å². The van der Waals surface area contributed by atoms with Crippen LogP contribution in [-0.4, -0.2) is 17.5 Å². The van der Waals surface area contributed by atoms with Gasteiger partial charge in [-0.3, -0.25) is 9.11 Å². The molecule has 102 heavy (non-hydrogen) atoms. The van der Waals surface area contributed by atoms with Crippen molar-refractivity contribution in [2.45, 2.75) is 569 Å². The second kappa shape index (κ2) is 137. The van der Waals surface area contributed by atoms with Crippen molar-refractivity contribution in [3.05, 3.63) is 55.4 Å². The van der Waals surface area contributed by atoms with E-state index in [1.807, 2.05) is 0 Å². The van der Waals surface area contributed by atoms with Crippen molar-refractivity contribution in [2.24, 2.45) is 0 Å². The van der Waals surface area contributed by atoms with Gasteiger partial charge in [0.15, 0.2) is 0 Å². The standard InChI is InChI=1S/8C12H25.Li.H2O4S/c8*1-3-5-7-9-11-12-10-8-6-4-2;;1-5(2,3)4/h8*1,3-12H2,2H3;;(H2,1,2,3,4)/q8*-1;+1;. The molecule has 0 unspecified atom stereocenters. The van der Waals surface area contributed by atoms with E-state index in [1.165, 1.54) is 462 Å². The first-order valence-corrected chi connectivity index (χ1v) is 47.8. The van der Waals surface area contributed by atoms with Gasteiger partial charge >= 0.3 is 29.3 Å². The normalized spacial score (nSPS) is 10.5. The maximum absolute atomic E-state index is 8.74. The van der Waals surface area contributed by atoms with Crippen LogP contribution in [0.4, 0.5) is 0 Å². The van der Waals surface area contributed by atoms with Crippen LogP contribution in [0.15, 0.2) is 0 Å². The fourth-order valence-electron chi connectivity index (χ4n) is 11.9. The summed E-state index contributed by atoms with van der Waals surface area (Å²) >= 11 is 0. The molecule has 0 heterocycles. The molecule has 0 bridgehead atoms. The fraction of sp³-hybridized carbons (Fsp3) is 0.917. The third-order valence-corrected chi connectivity index (χ3v) is 18.8. The zero-order valence-electron chi connectivity index (χ0n) is 73.3. The van der Waals surface area contributed by atoms with Crippen molar-refractivity contribution in [2.75, 3.05) is 0 Å². The van der Waals surface area contributed by atoms with Gasteiger partial charge in [-0.15, -0.1) is 0 Å². The van der Waals surface area contributed by atoms with Gasteiger partial charge in [0, 0.05) is 0 Å². The summed E-state index contributed by atoms with van der Waals surface area (Å²) in [5, 5.41) is 0. The summed E-state index contributed by atoms with van der Waals surface area (Å²) < 4.78 is 31.6. The summed E-state index contributed by atoms with van der Waals surface area (Å²) in [4.78, 5) is 0. The van der Waals surface area contributed by atoms with Crippen LogP contribution in [-0.2, 0) is 10.4 Å². The summed E-state index contributed by atoms with van der Waals surface area (Å²) in [6.45, 7) is 48.9. The molecular weight excluding hydrogens is 1260 g/mol. The van der Waals surface area contributed by atoms with Crippen LogP contribution in [0.5, 0.6) is 0 Å². The van der Waals surface area contributed by atoms with Crippen LogP contribution < -0.4 is 18.9 Å². The minimum Gasteiger partial charge on any atom is -0.343 e. The third-order valence-electron chi connectivity index (χ3n) is 18.8. The van der Waals surface area contributed by atoms with Gasteiger partial charge in [0.05, 0.1) is 0 Å². The smallest absolute Gasteiger partial charge is 0.343 e. The van der Waals surface area contributed by atoms with E-state index in [0.717, 1.165) is 51.4 Å². The molecule has 0 saturated carbocycles. The first-order chi connectivity index (χ1) is 49.3. The molecule has 0 saturated heterocycles. The number of hydrogen-bond donors (Lipinski definition) is 2. The zero-order chi connectivity index (χ0) is 77.1. The second-order valence-electron chi connectivity index (χ2n) is 29.9. The average Bonchev–Trinajstić information content (AvgIpc) is 3.84. The number of unbranched alkanes of at least 4 members (excludes halogenated alkanes) is 72. The van der Waals surface area contributed by atoms with Crippen molar-refractivity contribution in [1.82, 2.24) is 0 Å². The Bertz CT molecular complexity index is 935. The minimum absolute atomic E-state index is 0. The first-order valence-electron chi connectivity index (χ1n) is 46.4. The van der Waals surface area contributed by atoms with Gasteiger partial charge in [0.25, 0.3) is 0 Å². The van der Waals surface area contributed by atoms with E-state index in [0.29, 0.717) is 0 Å². The molecule has 0 spiro atoms. The molecule has 624 valence electrons. The molecule has 0 aromatic heterocycles. The third kappa shape index (κ3) is 189. The summed E-state index contributed by atoms with van der Waals surface area (Å²) in [7, 11) is -4.67. The maximum Gasteiger partial charge on any atom is 1.00 e. The predicted molar refractivity (Wildman–Crippen MR) is 472 cm³/mol. The fourth-order valence-corrected chi connectivity index (χ4v) is 11.9. The van der Waals surface area contributed by atoms with Crippen LogP contribution in [0.1, 0.15) is 569 Å². The van der Waals surface area contributed by atoms with E-state index >= 15 is 0 Å². The Morgan fingerprint density at radius 3 is 0.245 bits per heavy atom. The van der Waals surface area contributed by atoms with Crippen molar-refractivity contribution in [3.63, 3.8) is 0 Å². The summed E-state index contributed by atoms with van der Waals surface area (Å²) in [5.74, 6) is 0. The van der Waals surface area contributed by atoms with Crippen LogP contribution in [0.3, 0.4) is 0 Å². The molecule has 0 aromatic rings. The first kappa shape index (κ1) is 123. The van der Waals surface area contributed by atoms with Gasteiger partial charge in [0.2, 0.25) is 0 Å². The SMILES string of the molecule is O=S(=O)(O)O.[CH2-]CCCCCCCCCCC.[CH2-]CCCCCCCCCCC.[CH2-]CCCCCCCCCCC.[CH2-]CCCCCCCCCCC.[CH2-]CCCCCCCCCCC.[CH2-]CCCCCCCCCCC.[CH2-]CCCCCCCCCCC.[CH2-]CCCCCCCCCCC.[Li+]. The monoisotopic (exact) mass is 1460 g/mol. The Kier molecular flexibility index (Phi) is 166. The van der Waals surface area contributed by atoms with Crippen molar-refractivity contribution in [1.29, 1.82) is 0 Å². The maximum atomic E-state index is 8.74. The topological polar surface area (TPSA) is 74.6 Å². The van der Waals surface area contributed by atoms with Gasteiger partial charge < -0.3 is 55.4 Å². The molecule has 4 nitrogen and oxygen atoms in total. The molecule has 0 aliphatic rings. The van der Waals surface area contributed by atoms with E-state index < -0.39 is 10.4 Å². The molecule has 0 fully saturated rings. The van der Waals surface area contributed by atoms with Crippen molar-refractivity contribution >= 4 is 10.4 Å². The van der Waals surface area contributed by atoms with Crippen LogP contribution >= 0.6 is 0 Å². The Hall–Kier alpha value is 0.467. The van der Waals surface area contributed by atoms with E-state index in [9.17, 15) is 0 Å². The Morgan fingerprint density at radius 2 is 0.196 bits per heavy atom. The minimum atomic E-state index is -4.67. The molecule has 2 N–H and O–H groups in total. The van der Waals surface area contributed by atoms with Crippen molar-refractivity contribution in [3.8, 4) is 0 Å². The predicted octanol–water partition coefficient (Wildman–Crippen LogP) is 34.3. The molecule has 0 aromatic carbocycles. The van der Waals surface area contributed by atoms with Gasteiger partial charge in [-0.1, -0.05) is 518 Å². The largest absolute Gasteiger partial charge is 1.00 e. The quantitative estimate of drug-likeness (QED) is 0.0275. The van der Waals surface area contributed by atoms with Gasteiger partial charge in [-0.2, -0.15) is 59.8 Å². The van der Waals surface area contributed by atoms with Crippen LogP contribution in [0.25, 0.3) is 0 Å². The Morgan fingerprint density at radius 1 is 0.147 bits per heavy atom. The molecule has 6 heteroatoms. The summed E-state index contributed by atoms with van der Waals surface area (Å²) in [5.41, 5.74) is 0. The molecular formula is C96H202LiO4S-7. The Labute approximate surface area is 666 Å². The second-order valence-corrected chi connectivity index (χ2v) is 30.8. The van der Waals surface area contributed by atoms with Gasteiger partial charge in [-0.25, -0.2) is 0 Å². The van der Waals surface area contributed by atoms with E-state index in [-0.39, 0.29) is 18.9 Å². The molecule has 0 aliphatic heterocycles. The molecule has 0 rings (SSSR count). The molecule has 0 radical (unpaired) electrons. The molecule has 0 aliphatic carbocycles. The van der Waals surface area contributed by atoms with E-state index in [2.05, 4.69) is 111 Å². The number of rotatable bonds is 72. The summed E-state index contributed by atoms with van der Waals surface area (Å²) in [6, 6.07) is 0. The zero-order valence-corrected chi connectivity index (χ0v) is 74.2. The van der Waals surface area contributed by atoms with E-state index in [4.69, 9.17) is 17.5 Å². The molecule has 0 atom stereocenters. The van der Waals surface area contributed by atoms with Gasteiger partial charge in [-0.05, 0) is 0 Å². The van der Waals surface area contributed by atoms with Crippen LogP contribution in [0, 0.1) is 55.4 Å². The van der Waals surface area contributed by atoms with E-state index in [1.54, 1.807) is 0 Å². The average molecular weight is 1460 g/mol. The number of hydrogen-bond acceptors (Lipinski definition) is 2. The van der Waals surface area contributed by atoms with Crippen molar-refractivity contribution < 1.29 is 36.4 Å². The Balaban J connectivity index is -0.000000117. The van der Waals surface area contributed by atoms with Gasteiger partial charge in [0.1, 0.15) is 0 Å².